The van der Waals surface area contributed by atoms with E-state index in [-0.39, 0.29) is 0 Å². The van der Waals surface area contributed by atoms with Crippen molar-refractivity contribution in [2.24, 2.45) is 0 Å². The smallest absolute Gasteiger partial charge is 0.175 e. The van der Waals surface area contributed by atoms with Crippen LogP contribution in [0, 0.1) is 6.92 Å². The predicted octanol–water partition coefficient (Wildman–Crippen LogP) is 5.82. The van der Waals surface area contributed by atoms with E-state index in [1.54, 1.807) is 7.11 Å². The van der Waals surface area contributed by atoms with E-state index < -0.39 is 0 Å². The van der Waals surface area contributed by atoms with E-state index in [1.165, 1.54) is 65.8 Å². The molecule has 1 fully saturated rings. The lowest BCUT2D eigenvalue weighted by Crippen LogP contribution is -2.21. The van der Waals surface area contributed by atoms with Crippen LogP contribution in [0.4, 0.5) is 0 Å². The van der Waals surface area contributed by atoms with Crippen molar-refractivity contribution < 1.29 is 4.74 Å². The van der Waals surface area contributed by atoms with Crippen molar-refractivity contribution >= 4 is 22.4 Å². The molecule has 1 saturated carbocycles. The predicted molar refractivity (Wildman–Crippen MR) is 121 cm³/mol. The first-order valence-electron chi connectivity index (χ1n) is 10.9. The zero-order chi connectivity index (χ0) is 20.4. The van der Waals surface area contributed by atoms with Crippen LogP contribution in [0.2, 0.25) is 0 Å². The number of hydrogen-bond donors (Lipinski definition) is 0. The number of rotatable bonds is 7. The Labute approximate surface area is 177 Å². The molecule has 1 aromatic carbocycles. The van der Waals surface area contributed by atoms with Crippen LogP contribution in [0.1, 0.15) is 62.7 Å². The summed E-state index contributed by atoms with van der Waals surface area (Å²) in [4.78, 5) is 7.33. The molecule has 29 heavy (non-hydrogen) atoms. The Morgan fingerprint density at radius 3 is 2.62 bits per heavy atom. The lowest BCUT2D eigenvalue weighted by Gasteiger charge is -2.26. The molecule has 0 amide bonds. The Balaban J connectivity index is 1.83. The minimum absolute atomic E-state index is 0.532. The van der Waals surface area contributed by atoms with Crippen LogP contribution in [0.5, 0.6) is 5.75 Å². The van der Waals surface area contributed by atoms with Crippen LogP contribution in [-0.2, 0) is 6.54 Å². The van der Waals surface area contributed by atoms with Gasteiger partial charge in [0.25, 0.3) is 0 Å². The fourth-order valence-corrected chi connectivity index (χ4v) is 5.45. The normalized spacial score (nSPS) is 15.5. The molecule has 156 valence electrons. The summed E-state index contributed by atoms with van der Waals surface area (Å²) in [6.45, 7) is 9.55. The highest BCUT2D eigenvalue weighted by atomic mass is 32.1. The van der Waals surface area contributed by atoms with Crippen LogP contribution in [0.15, 0.2) is 18.2 Å². The van der Waals surface area contributed by atoms with Gasteiger partial charge in [-0.05, 0) is 50.5 Å². The molecular weight excluding hydrogens is 380 g/mol. The maximum absolute atomic E-state index is 5.78. The molecule has 0 radical (unpaired) electrons. The highest BCUT2D eigenvalue weighted by Gasteiger charge is 2.26. The summed E-state index contributed by atoms with van der Waals surface area (Å²) in [5, 5.41) is 2.30. The second kappa shape index (κ2) is 8.84. The van der Waals surface area contributed by atoms with Gasteiger partial charge in [0, 0.05) is 22.7 Å². The standard InChI is InChI=1S/C23H32N4OS/c1-5-26(6-2)15-20-24-23(25-29-20)21-16(3)27(17-11-8-7-9-12-17)22-18(21)13-10-14-19(22)28-4/h10,13-14,17H,5-9,11-12,15H2,1-4H3. The van der Waals surface area contributed by atoms with E-state index in [0.717, 1.165) is 36.2 Å². The molecule has 0 saturated heterocycles. The fraction of sp³-hybridized carbons (Fsp3) is 0.565. The summed E-state index contributed by atoms with van der Waals surface area (Å²) in [6, 6.07) is 6.89. The molecular formula is C23H32N4OS. The van der Waals surface area contributed by atoms with E-state index in [2.05, 4.69) is 48.4 Å². The summed E-state index contributed by atoms with van der Waals surface area (Å²) in [7, 11) is 1.77. The van der Waals surface area contributed by atoms with Gasteiger partial charge in [-0.2, -0.15) is 4.37 Å². The molecule has 0 spiro atoms. The Kier molecular flexibility index (Phi) is 6.20. The molecule has 1 aliphatic carbocycles. The first-order chi connectivity index (χ1) is 14.2. The van der Waals surface area contributed by atoms with Crippen LogP contribution in [0.25, 0.3) is 22.3 Å². The lowest BCUT2D eigenvalue weighted by molar-refractivity contribution is 0.295. The summed E-state index contributed by atoms with van der Waals surface area (Å²) in [6.07, 6.45) is 6.43. The van der Waals surface area contributed by atoms with Gasteiger partial charge in [-0.3, -0.25) is 4.90 Å². The highest BCUT2D eigenvalue weighted by Crippen LogP contribution is 2.42. The van der Waals surface area contributed by atoms with Gasteiger partial charge in [-0.1, -0.05) is 45.2 Å². The van der Waals surface area contributed by atoms with Crippen molar-refractivity contribution in [3.8, 4) is 17.1 Å². The van der Waals surface area contributed by atoms with E-state index in [9.17, 15) is 0 Å². The number of hydrogen-bond acceptors (Lipinski definition) is 5. The summed E-state index contributed by atoms with van der Waals surface area (Å²) >= 11 is 1.53. The zero-order valence-corrected chi connectivity index (χ0v) is 18.9. The SMILES string of the molecule is CCN(CC)Cc1nc(-c2c(C)n(C3CCCCC3)c3c(OC)cccc23)ns1. The maximum Gasteiger partial charge on any atom is 0.175 e. The Morgan fingerprint density at radius 2 is 1.93 bits per heavy atom. The van der Waals surface area contributed by atoms with Crippen LogP contribution >= 0.6 is 11.5 Å². The third kappa shape index (κ3) is 3.80. The molecule has 2 heterocycles. The number of para-hydroxylation sites is 1. The van der Waals surface area contributed by atoms with Gasteiger partial charge < -0.3 is 9.30 Å². The van der Waals surface area contributed by atoms with Crippen molar-refractivity contribution in [1.82, 2.24) is 18.8 Å². The second-order valence-electron chi connectivity index (χ2n) is 7.95. The maximum atomic E-state index is 5.78. The molecule has 4 rings (SSSR count). The molecule has 0 bridgehead atoms. The van der Waals surface area contributed by atoms with E-state index >= 15 is 0 Å². The van der Waals surface area contributed by atoms with E-state index in [4.69, 9.17) is 14.1 Å². The zero-order valence-electron chi connectivity index (χ0n) is 18.1. The number of fused-ring (bicyclic) bond motifs is 1. The van der Waals surface area contributed by atoms with Crippen LogP contribution in [0.3, 0.4) is 0 Å². The van der Waals surface area contributed by atoms with Gasteiger partial charge in [0.1, 0.15) is 10.8 Å². The van der Waals surface area contributed by atoms with Gasteiger partial charge in [0.2, 0.25) is 0 Å². The highest BCUT2D eigenvalue weighted by molar-refractivity contribution is 7.05. The minimum atomic E-state index is 0.532. The Morgan fingerprint density at radius 1 is 1.17 bits per heavy atom. The quantitative estimate of drug-likeness (QED) is 0.490. The van der Waals surface area contributed by atoms with Crippen molar-refractivity contribution in [2.45, 2.75) is 65.5 Å². The van der Waals surface area contributed by atoms with Gasteiger partial charge in [0.15, 0.2) is 5.82 Å². The molecule has 0 atom stereocenters. The van der Waals surface area contributed by atoms with Gasteiger partial charge >= 0.3 is 0 Å². The summed E-state index contributed by atoms with van der Waals surface area (Å²) in [5.74, 6) is 1.81. The molecule has 0 aliphatic heterocycles. The number of benzene rings is 1. The molecule has 0 N–H and O–H groups in total. The minimum Gasteiger partial charge on any atom is -0.495 e. The lowest BCUT2D eigenvalue weighted by atomic mass is 9.95. The topological polar surface area (TPSA) is 43.2 Å². The van der Waals surface area contributed by atoms with Gasteiger partial charge in [0.05, 0.1) is 19.2 Å². The van der Waals surface area contributed by atoms with Crippen molar-refractivity contribution in [3.63, 3.8) is 0 Å². The third-order valence-electron chi connectivity index (χ3n) is 6.34. The first kappa shape index (κ1) is 20.4. The van der Waals surface area contributed by atoms with Crippen LogP contribution < -0.4 is 4.74 Å². The molecule has 3 aromatic rings. The van der Waals surface area contributed by atoms with Gasteiger partial charge in [-0.25, -0.2) is 4.98 Å². The second-order valence-corrected chi connectivity index (χ2v) is 8.79. The third-order valence-corrected chi connectivity index (χ3v) is 7.03. The van der Waals surface area contributed by atoms with E-state index in [0.29, 0.717) is 6.04 Å². The molecule has 0 unspecified atom stereocenters. The number of methoxy groups -OCH3 is 1. The Bertz CT molecular complexity index is 967. The average molecular weight is 413 g/mol. The molecule has 6 heteroatoms. The van der Waals surface area contributed by atoms with Crippen molar-refractivity contribution in [3.05, 3.63) is 28.9 Å². The number of nitrogens with zero attached hydrogens (tertiary/aromatic N) is 4. The molecule has 5 nitrogen and oxygen atoms in total. The fourth-order valence-electron chi connectivity index (χ4n) is 4.76. The number of aromatic nitrogens is 3. The number of ether oxygens (including phenoxy) is 1. The molecule has 1 aliphatic rings. The van der Waals surface area contributed by atoms with Crippen LogP contribution in [-0.4, -0.2) is 39.0 Å². The molecule has 2 aromatic heterocycles. The van der Waals surface area contributed by atoms with Crippen molar-refractivity contribution in [2.75, 3.05) is 20.2 Å². The average Bonchev–Trinajstić information content (AvgIpc) is 3.33. The first-order valence-corrected chi connectivity index (χ1v) is 11.7. The van der Waals surface area contributed by atoms with Gasteiger partial charge in [-0.15, -0.1) is 0 Å². The summed E-state index contributed by atoms with van der Waals surface area (Å²) in [5.41, 5.74) is 3.64. The monoisotopic (exact) mass is 412 g/mol. The Hall–Kier alpha value is -1.92. The largest absolute Gasteiger partial charge is 0.495 e. The summed E-state index contributed by atoms with van der Waals surface area (Å²) < 4.78 is 13.1. The van der Waals surface area contributed by atoms with E-state index in [1.807, 2.05) is 0 Å². The van der Waals surface area contributed by atoms with Crippen molar-refractivity contribution in [1.29, 1.82) is 0 Å².